The van der Waals surface area contributed by atoms with Gasteiger partial charge in [0.1, 0.15) is 5.75 Å². The third-order valence-electron chi connectivity index (χ3n) is 4.89. The van der Waals surface area contributed by atoms with Crippen LogP contribution in [0.4, 0.5) is 5.69 Å². The average molecular weight is 355 g/mol. The van der Waals surface area contributed by atoms with Gasteiger partial charge in [0.25, 0.3) is 0 Å². The number of benzene rings is 1. The van der Waals surface area contributed by atoms with Crippen molar-refractivity contribution in [3.8, 4) is 5.75 Å². The summed E-state index contributed by atoms with van der Waals surface area (Å²) in [5.74, 6) is 1.33. The van der Waals surface area contributed by atoms with E-state index in [9.17, 15) is 4.79 Å². The summed E-state index contributed by atoms with van der Waals surface area (Å²) in [4.78, 5) is 12.3. The normalized spacial score (nSPS) is 20.2. The summed E-state index contributed by atoms with van der Waals surface area (Å²) in [6.07, 6.45) is 5.72. The summed E-state index contributed by atoms with van der Waals surface area (Å²) in [7, 11) is 0. The number of halogens is 1. The number of nitrogens with one attached hydrogen (secondary N) is 1. The van der Waals surface area contributed by atoms with Crippen molar-refractivity contribution in [1.82, 2.24) is 0 Å². The number of hydrogen-bond donors (Lipinski definition) is 2. The maximum atomic E-state index is 12.3. The van der Waals surface area contributed by atoms with Crippen LogP contribution in [0.2, 0.25) is 0 Å². The zero-order chi connectivity index (χ0) is 16.1. The zero-order valence-electron chi connectivity index (χ0n) is 14.0. The van der Waals surface area contributed by atoms with Crippen molar-refractivity contribution in [3.05, 3.63) is 24.3 Å². The Morgan fingerprint density at radius 3 is 2.46 bits per heavy atom. The van der Waals surface area contributed by atoms with E-state index in [0.29, 0.717) is 5.92 Å². The van der Waals surface area contributed by atoms with E-state index >= 15 is 0 Å². The minimum atomic E-state index is -0.696. The number of hydrogen-bond acceptors (Lipinski definition) is 4. The molecule has 24 heavy (non-hydrogen) atoms. The molecule has 1 heterocycles. The molecule has 0 bridgehead atoms. The lowest BCUT2D eigenvalue weighted by molar-refractivity contribution is -0.121. The summed E-state index contributed by atoms with van der Waals surface area (Å²) >= 11 is 0. The maximum absolute atomic E-state index is 12.3. The molecule has 1 aromatic carbocycles. The van der Waals surface area contributed by atoms with E-state index in [1.807, 2.05) is 24.3 Å². The Morgan fingerprint density at radius 2 is 1.83 bits per heavy atom. The van der Waals surface area contributed by atoms with E-state index in [2.05, 4.69) is 5.32 Å². The number of carbonyl (C=O) groups excluding carboxylic acids is 1. The molecule has 0 atom stereocenters. The second-order valence-electron chi connectivity index (χ2n) is 6.71. The zero-order valence-corrected chi connectivity index (χ0v) is 14.8. The van der Waals surface area contributed by atoms with Crippen LogP contribution in [-0.2, 0) is 9.53 Å². The highest BCUT2D eigenvalue weighted by Crippen LogP contribution is 2.28. The van der Waals surface area contributed by atoms with Crippen LogP contribution in [0, 0.1) is 5.92 Å². The highest BCUT2D eigenvalue weighted by atomic mass is 35.5. The molecule has 3 rings (SSSR count). The fourth-order valence-corrected chi connectivity index (χ4v) is 3.25. The van der Waals surface area contributed by atoms with Gasteiger partial charge >= 0.3 is 0 Å². The lowest BCUT2D eigenvalue weighted by Gasteiger charge is -2.23. The van der Waals surface area contributed by atoms with E-state index in [1.165, 1.54) is 0 Å². The van der Waals surface area contributed by atoms with Gasteiger partial charge in [-0.25, -0.2) is 0 Å². The highest BCUT2D eigenvalue weighted by molar-refractivity contribution is 5.98. The molecule has 0 unspecified atom stereocenters. The highest BCUT2D eigenvalue weighted by Gasteiger charge is 2.36. The summed E-state index contributed by atoms with van der Waals surface area (Å²) in [6.45, 7) is 2.39. The van der Waals surface area contributed by atoms with Crippen LogP contribution in [0.5, 0.6) is 5.75 Å². The van der Waals surface area contributed by atoms with Crippen LogP contribution in [-0.4, -0.2) is 31.3 Å². The second kappa shape index (κ2) is 8.70. The molecule has 0 radical (unpaired) electrons. The Morgan fingerprint density at radius 1 is 1.21 bits per heavy atom. The molecule has 1 saturated heterocycles. The van der Waals surface area contributed by atoms with Gasteiger partial charge in [0.05, 0.1) is 12.1 Å². The smallest absolute Gasteiger partial charge is 0.244 e. The molecule has 1 aromatic rings. The molecular formula is C18H27ClN2O3. The van der Waals surface area contributed by atoms with Crippen molar-refractivity contribution in [2.24, 2.45) is 11.7 Å². The minimum Gasteiger partial charge on any atom is -0.493 e. The molecule has 5 nitrogen and oxygen atoms in total. The van der Waals surface area contributed by atoms with Crippen molar-refractivity contribution >= 4 is 24.0 Å². The Balaban J connectivity index is 0.00000208. The SMILES string of the molecule is Cl.NC1(C(=O)Nc2ccc(OCC3CCOCC3)cc2)CCCC1. The molecule has 1 aliphatic carbocycles. The van der Waals surface area contributed by atoms with Gasteiger partial charge in [-0.2, -0.15) is 0 Å². The van der Waals surface area contributed by atoms with Crippen LogP contribution in [0.25, 0.3) is 0 Å². The van der Waals surface area contributed by atoms with Crippen molar-refractivity contribution in [2.45, 2.75) is 44.1 Å². The monoisotopic (exact) mass is 354 g/mol. The topological polar surface area (TPSA) is 73.6 Å². The van der Waals surface area contributed by atoms with Gasteiger partial charge in [-0.05, 0) is 55.9 Å². The molecule has 2 fully saturated rings. The van der Waals surface area contributed by atoms with E-state index in [4.69, 9.17) is 15.2 Å². The first-order valence-corrected chi connectivity index (χ1v) is 8.57. The molecule has 0 spiro atoms. The molecule has 1 aliphatic heterocycles. The molecule has 0 aromatic heterocycles. The fraction of sp³-hybridized carbons (Fsp3) is 0.611. The molecule has 1 saturated carbocycles. The fourth-order valence-electron chi connectivity index (χ4n) is 3.25. The van der Waals surface area contributed by atoms with Crippen LogP contribution < -0.4 is 15.8 Å². The first-order valence-electron chi connectivity index (χ1n) is 8.57. The van der Waals surface area contributed by atoms with Crippen LogP contribution in [0.3, 0.4) is 0 Å². The van der Waals surface area contributed by atoms with E-state index in [1.54, 1.807) is 0 Å². The molecule has 6 heteroatoms. The number of amides is 1. The van der Waals surface area contributed by atoms with Gasteiger partial charge < -0.3 is 20.5 Å². The lowest BCUT2D eigenvalue weighted by Crippen LogP contribution is -2.48. The maximum Gasteiger partial charge on any atom is 0.244 e. The first-order chi connectivity index (χ1) is 11.2. The Kier molecular flexibility index (Phi) is 6.90. The number of nitrogens with two attached hydrogens (primary N) is 1. The van der Waals surface area contributed by atoms with Gasteiger partial charge in [-0.15, -0.1) is 12.4 Å². The van der Waals surface area contributed by atoms with Gasteiger partial charge in [0.2, 0.25) is 5.91 Å². The number of ether oxygens (including phenoxy) is 2. The summed E-state index contributed by atoms with van der Waals surface area (Å²) < 4.78 is 11.2. The van der Waals surface area contributed by atoms with E-state index in [-0.39, 0.29) is 18.3 Å². The average Bonchev–Trinajstić information content (AvgIpc) is 3.03. The Labute approximate surface area is 149 Å². The van der Waals surface area contributed by atoms with Gasteiger partial charge in [-0.1, -0.05) is 12.8 Å². The van der Waals surface area contributed by atoms with E-state index in [0.717, 1.165) is 69.8 Å². The van der Waals surface area contributed by atoms with Crippen LogP contribution in [0.15, 0.2) is 24.3 Å². The van der Waals surface area contributed by atoms with Crippen molar-refractivity contribution in [3.63, 3.8) is 0 Å². The van der Waals surface area contributed by atoms with Gasteiger partial charge in [0, 0.05) is 18.9 Å². The molecule has 1 amide bonds. The first kappa shape index (κ1) is 19.0. The van der Waals surface area contributed by atoms with Gasteiger partial charge in [0.15, 0.2) is 0 Å². The third kappa shape index (κ3) is 4.85. The Hall–Kier alpha value is -1.30. The van der Waals surface area contributed by atoms with Crippen LogP contribution in [0.1, 0.15) is 38.5 Å². The molecule has 134 valence electrons. The number of carbonyl (C=O) groups is 1. The largest absolute Gasteiger partial charge is 0.493 e. The second-order valence-corrected chi connectivity index (χ2v) is 6.71. The summed E-state index contributed by atoms with van der Waals surface area (Å²) in [5.41, 5.74) is 6.24. The lowest BCUT2D eigenvalue weighted by atomic mass is 9.98. The van der Waals surface area contributed by atoms with Crippen molar-refractivity contribution in [2.75, 3.05) is 25.1 Å². The number of anilines is 1. The van der Waals surface area contributed by atoms with Crippen molar-refractivity contribution < 1.29 is 14.3 Å². The van der Waals surface area contributed by atoms with Crippen LogP contribution >= 0.6 is 12.4 Å². The summed E-state index contributed by atoms with van der Waals surface area (Å²) in [6, 6.07) is 7.53. The third-order valence-corrected chi connectivity index (χ3v) is 4.89. The standard InChI is InChI=1S/C18H26N2O3.ClH/c19-18(9-1-2-10-18)17(21)20-15-3-5-16(6-4-15)23-13-14-7-11-22-12-8-14;/h3-6,14H,1-2,7-13,19H2,(H,20,21);1H. The van der Waals surface area contributed by atoms with Crippen molar-refractivity contribution in [1.29, 1.82) is 0 Å². The summed E-state index contributed by atoms with van der Waals surface area (Å²) in [5, 5.41) is 2.92. The number of rotatable bonds is 5. The predicted octanol–water partition coefficient (Wildman–Crippen LogP) is 3.12. The van der Waals surface area contributed by atoms with Gasteiger partial charge in [-0.3, -0.25) is 4.79 Å². The van der Waals surface area contributed by atoms with E-state index < -0.39 is 5.54 Å². The Bertz CT molecular complexity index is 524. The predicted molar refractivity (Wildman–Crippen MR) is 96.7 cm³/mol. The molecular weight excluding hydrogens is 328 g/mol. The molecule has 2 aliphatic rings. The quantitative estimate of drug-likeness (QED) is 0.852. The molecule has 3 N–H and O–H groups in total. The minimum absolute atomic E-state index is 0.